The number of nitrogens with zero attached hydrogens (tertiary/aromatic N) is 1. The van der Waals surface area contributed by atoms with Crippen molar-refractivity contribution in [3.8, 4) is 0 Å². The highest BCUT2D eigenvalue weighted by molar-refractivity contribution is 7.92. The second kappa shape index (κ2) is 11.3. The maximum absolute atomic E-state index is 12.7. The molecule has 0 heterocycles. The van der Waals surface area contributed by atoms with Crippen LogP contribution in [-0.4, -0.2) is 43.5 Å². The molecule has 6 nitrogen and oxygen atoms in total. The number of amides is 2. The topological polar surface area (TPSA) is 83.6 Å². The standard InChI is InChI=1S/C22H34N2O4S/c1-3-15-24(16-4-2)22(26)14-8-13-21(25)23-18-9-7-12-20(17-18)29(27,28)19-10-5-6-11-19/h7,9,12,17,19H,3-6,8,10-11,13-16H2,1-2H3,(H,23,25). The average Bonchev–Trinajstić information content (AvgIpc) is 3.23. The molecule has 0 spiro atoms. The first kappa shape index (κ1) is 23.4. The van der Waals surface area contributed by atoms with Crippen LogP contribution in [0, 0.1) is 0 Å². The van der Waals surface area contributed by atoms with Gasteiger partial charge in [-0.1, -0.05) is 32.8 Å². The fourth-order valence-corrected chi connectivity index (χ4v) is 5.72. The summed E-state index contributed by atoms with van der Waals surface area (Å²) in [6, 6.07) is 6.49. The van der Waals surface area contributed by atoms with Gasteiger partial charge in [-0.2, -0.15) is 0 Å². The van der Waals surface area contributed by atoms with Crippen LogP contribution in [0.5, 0.6) is 0 Å². The minimum Gasteiger partial charge on any atom is -0.343 e. The number of rotatable bonds is 11. The Labute approximate surface area is 175 Å². The summed E-state index contributed by atoms with van der Waals surface area (Å²) in [4.78, 5) is 26.6. The van der Waals surface area contributed by atoms with Crippen LogP contribution in [0.2, 0.25) is 0 Å². The molecule has 0 saturated heterocycles. The lowest BCUT2D eigenvalue weighted by Gasteiger charge is -2.21. The van der Waals surface area contributed by atoms with Crippen molar-refractivity contribution in [3.05, 3.63) is 24.3 Å². The maximum Gasteiger partial charge on any atom is 0.224 e. The summed E-state index contributed by atoms with van der Waals surface area (Å²) in [5.74, 6) is -0.114. The van der Waals surface area contributed by atoms with Crippen molar-refractivity contribution in [1.82, 2.24) is 4.90 Å². The van der Waals surface area contributed by atoms with Gasteiger partial charge < -0.3 is 10.2 Å². The van der Waals surface area contributed by atoms with Gasteiger partial charge in [-0.15, -0.1) is 0 Å². The molecule has 0 bridgehead atoms. The molecule has 1 saturated carbocycles. The summed E-state index contributed by atoms with van der Waals surface area (Å²) < 4.78 is 25.5. The van der Waals surface area contributed by atoms with Crippen LogP contribution >= 0.6 is 0 Å². The SMILES string of the molecule is CCCN(CCC)C(=O)CCCC(=O)Nc1cccc(S(=O)(=O)C2CCCC2)c1. The van der Waals surface area contributed by atoms with Gasteiger partial charge in [0.25, 0.3) is 0 Å². The molecule has 1 fully saturated rings. The van der Waals surface area contributed by atoms with Crippen LogP contribution in [0.3, 0.4) is 0 Å². The van der Waals surface area contributed by atoms with Crippen molar-refractivity contribution >= 4 is 27.3 Å². The lowest BCUT2D eigenvalue weighted by molar-refractivity contribution is -0.131. The summed E-state index contributed by atoms with van der Waals surface area (Å²) in [6.45, 7) is 5.59. The molecule has 2 amide bonds. The van der Waals surface area contributed by atoms with Crippen molar-refractivity contribution in [1.29, 1.82) is 0 Å². The van der Waals surface area contributed by atoms with Gasteiger partial charge in [0.05, 0.1) is 10.1 Å². The average molecular weight is 423 g/mol. The fraction of sp³-hybridized carbons (Fsp3) is 0.636. The highest BCUT2D eigenvalue weighted by Gasteiger charge is 2.30. The molecular formula is C22H34N2O4S. The van der Waals surface area contributed by atoms with Crippen molar-refractivity contribution in [2.24, 2.45) is 0 Å². The van der Waals surface area contributed by atoms with Crippen LogP contribution in [-0.2, 0) is 19.4 Å². The van der Waals surface area contributed by atoms with E-state index >= 15 is 0 Å². The van der Waals surface area contributed by atoms with Crippen molar-refractivity contribution < 1.29 is 18.0 Å². The zero-order valence-electron chi connectivity index (χ0n) is 17.7. The maximum atomic E-state index is 12.7. The third-order valence-electron chi connectivity index (χ3n) is 5.32. The molecule has 1 aliphatic rings. The minimum atomic E-state index is -3.35. The lowest BCUT2D eigenvalue weighted by atomic mass is 10.2. The number of nitrogens with one attached hydrogen (secondary N) is 1. The number of carbonyl (C=O) groups is 2. The number of benzene rings is 1. The van der Waals surface area contributed by atoms with E-state index in [1.165, 1.54) is 0 Å². The molecule has 0 atom stereocenters. The molecule has 0 aromatic heterocycles. The monoisotopic (exact) mass is 422 g/mol. The van der Waals surface area contributed by atoms with Crippen LogP contribution < -0.4 is 5.32 Å². The molecule has 29 heavy (non-hydrogen) atoms. The zero-order valence-corrected chi connectivity index (χ0v) is 18.5. The van der Waals surface area contributed by atoms with E-state index in [9.17, 15) is 18.0 Å². The van der Waals surface area contributed by atoms with Gasteiger partial charge in [0, 0.05) is 31.6 Å². The van der Waals surface area contributed by atoms with Gasteiger partial charge >= 0.3 is 0 Å². The molecule has 2 rings (SSSR count). The Balaban J connectivity index is 1.87. The van der Waals surface area contributed by atoms with Crippen molar-refractivity contribution in [3.63, 3.8) is 0 Å². The number of sulfone groups is 1. The predicted octanol–water partition coefficient (Wildman–Crippen LogP) is 4.16. The van der Waals surface area contributed by atoms with Gasteiger partial charge in [-0.3, -0.25) is 9.59 Å². The van der Waals surface area contributed by atoms with Crippen LogP contribution in [0.1, 0.15) is 71.6 Å². The quantitative estimate of drug-likeness (QED) is 0.580. The molecular weight excluding hydrogens is 388 g/mol. The van der Waals surface area contributed by atoms with E-state index in [0.29, 0.717) is 31.4 Å². The van der Waals surface area contributed by atoms with E-state index in [1.54, 1.807) is 24.3 Å². The Morgan fingerprint density at radius 1 is 1.07 bits per heavy atom. The Kier molecular flexibility index (Phi) is 9.14. The second-order valence-corrected chi connectivity index (χ2v) is 9.99. The number of hydrogen-bond acceptors (Lipinski definition) is 4. The van der Waals surface area contributed by atoms with Gasteiger partial charge in [0.1, 0.15) is 0 Å². The van der Waals surface area contributed by atoms with Gasteiger partial charge in [-0.05, 0) is 50.3 Å². The van der Waals surface area contributed by atoms with E-state index < -0.39 is 9.84 Å². The van der Waals surface area contributed by atoms with Crippen molar-refractivity contribution in [2.75, 3.05) is 18.4 Å². The van der Waals surface area contributed by atoms with Crippen molar-refractivity contribution in [2.45, 2.75) is 81.8 Å². The first-order chi connectivity index (χ1) is 13.9. The predicted molar refractivity (Wildman–Crippen MR) is 116 cm³/mol. The second-order valence-electron chi connectivity index (χ2n) is 7.76. The summed E-state index contributed by atoms with van der Waals surface area (Å²) in [6.07, 6.45) is 6.23. The van der Waals surface area contributed by atoms with Gasteiger partial charge in [0.15, 0.2) is 9.84 Å². The largest absolute Gasteiger partial charge is 0.343 e. The molecule has 1 N–H and O–H groups in total. The third kappa shape index (κ3) is 6.84. The summed E-state index contributed by atoms with van der Waals surface area (Å²) in [5, 5.41) is 2.46. The fourth-order valence-electron chi connectivity index (χ4n) is 3.82. The minimum absolute atomic E-state index is 0.0890. The molecule has 162 valence electrons. The highest BCUT2D eigenvalue weighted by Crippen LogP contribution is 2.30. The molecule has 0 unspecified atom stereocenters. The third-order valence-corrected chi connectivity index (χ3v) is 7.58. The summed E-state index contributed by atoms with van der Waals surface area (Å²) in [7, 11) is -3.35. The molecule has 0 radical (unpaired) electrons. The first-order valence-corrected chi connectivity index (χ1v) is 12.3. The number of hydrogen-bond donors (Lipinski definition) is 1. The Bertz CT molecular complexity index is 780. The first-order valence-electron chi connectivity index (χ1n) is 10.8. The molecule has 1 aliphatic carbocycles. The van der Waals surface area contributed by atoms with Crippen LogP contribution in [0.4, 0.5) is 5.69 Å². The summed E-state index contributed by atoms with van der Waals surface area (Å²) >= 11 is 0. The lowest BCUT2D eigenvalue weighted by Crippen LogP contribution is -2.32. The van der Waals surface area contributed by atoms with E-state index in [4.69, 9.17) is 0 Å². The zero-order chi connectivity index (χ0) is 21.3. The van der Waals surface area contributed by atoms with Gasteiger partial charge in [-0.25, -0.2) is 8.42 Å². The number of carbonyl (C=O) groups excluding carboxylic acids is 2. The molecule has 1 aromatic rings. The van der Waals surface area contributed by atoms with E-state index in [2.05, 4.69) is 5.32 Å². The Morgan fingerprint density at radius 3 is 2.34 bits per heavy atom. The Hall–Kier alpha value is -1.89. The molecule has 0 aliphatic heterocycles. The Morgan fingerprint density at radius 2 is 1.72 bits per heavy atom. The normalized spacial score (nSPS) is 14.7. The molecule has 1 aromatic carbocycles. The van der Waals surface area contributed by atoms with E-state index in [-0.39, 0.29) is 28.4 Å². The summed E-state index contributed by atoms with van der Waals surface area (Å²) in [5.41, 5.74) is 0.485. The number of anilines is 1. The van der Waals surface area contributed by atoms with Gasteiger partial charge in [0.2, 0.25) is 11.8 Å². The van der Waals surface area contributed by atoms with Crippen LogP contribution in [0.25, 0.3) is 0 Å². The highest BCUT2D eigenvalue weighted by atomic mass is 32.2. The van der Waals surface area contributed by atoms with E-state index in [1.807, 2.05) is 18.7 Å². The van der Waals surface area contributed by atoms with Crippen LogP contribution in [0.15, 0.2) is 29.2 Å². The smallest absolute Gasteiger partial charge is 0.224 e. The van der Waals surface area contributed by atoms with E-state index in [0.717, 1.165) is 38.8 Å². The molecule has 7 heteroatoms.